The van der Waals surface area contributed by atoms with Crippen LogP contribution in [0.25, 0.3) is 0 Å². The highest BCUT2D eigenvalue weighted by molar-refractivity contribution is 7.92. The number of hydroxylamine groups is 1. The molecule has 1 amide bonds. The predicted octanol–water partition coefficient (Wildman–Crippen LogP) is 4.03. The second kappa shape index (κ2) is 10.2. The molecular weight excluding hydrogens is 475 g/mol. The quantitative estimate of drug-likeness (QED) is 0.242. The zero-order chi connectivity index (χ0) is 25.0. The molecule has 0 atom stereocenters. The third-order valence-corrected chi connectivity index (χ3v) is 5.71. The fourth-order valence-corrected chi connectivity index (χ4v) is 3.94. The van der Waals surface area contributed by atoms with E-state index >= 15 is 0 Å². The second-order valence-electron chi connectivity index (χ2n) is 8.05. The Morgan fingerprint density at radius 1 is 1.06 bits per heavy atom. The lowest BCUT2D eigenvalue weighted by atomic mass is 10.1. The zero-order valence-corrected chi connectivity index (χ0v) is 19.9. The molecule has 10 nitrogen and oxygen atoms in total. The SMILES string of the molecule is CCONC(=O)c1cnc(Nc2ccc(F)nc2)cc1Nc1ccc(C2CC2)cc1NS(C)(=O)=O. The smallest absolute Gasteiger partial charge is 0.278 e. The lowest BCUT2D eigenvalue weighted by Crippen LogP contribution is -2.24. The van der Waals surface area contributed by atoms with Gasteiger partial charge < -0.3 is 10.6 Å². The van der Waals surface area contributed by atoms with Gasteiger partial charge in [-0.25, -0.2) is 23.9 Å². The number of sulfonamides is 1. The van der Waals surface area contributed by atoms with Gasteiger partial charge in [0.25, 0.3) is 5.91 Å². The molecule has 1 fully saturated rings. The number of pyridine rings is 2. The molecule has 184 valence electrons. The van der Waals surface area contributed by atoms with E-state index in [1.165, 1.54) is 24.5 Å². The number of rotatable bonds is 10. The molecule has 0 aliphatic heterocycles. The minimum absolute atomic E-state index is 0.165. The summed E-state index contributed by atoms with van der Waals surface area (Å²) in [5.74, 6) is -0.391. The Morgan fingerprint density at radius 2 is 1.86 bits per heavy atom. The number of aromatic nitrogens is 2. The van der Waals surface area contributed by atoms with E-state index in [1.807, 2.05) is 6.07 Å². The van der Waals surface area contributed by atoms with Crippen molar-refractivity contribution in [3.63, 3.8) is 0 Å². The molecule has 35 heavy (non-hydrogen) atoms. The van der Waals surface area contributed by atoms with Crippen molar-refractivity contribution in [2.45, 2.75) is 25.7 Å². The van der Waals surface area contributed by atoms with Gasteiger partial charge in [0.2, 0.25) is 16.0 Å². The molecule has 1 saturated carbocycles. The number of anilines is 5. The molecule has 4 rings (SSSR count). The van der Waals surface area contributed by atoms with Gasteiger partial charge >= 0.3 is 0 Å². The fraction of sp³-hybridized carbons (Fsp3) is 0.261. The number of amides is 1. The van der Waals surface area contributed by atoms with E-state index in [1.54, 1.807) is 25.1 Å². The summed E-state index contributed by atoms with van der Waals surface area (Å²) in [6.07, 6.45) is 5.85. The normalized spacial score (nSPS) is 13.2. The van der Waals surface area contributed by atoms with E-state index in [-0.39, 0.29) is 12.2 Å². The van der Waals surface area contributed by atoms with Crippen molar-refractivity contribution < 1.29 is 22.4 Å². The number of carbonyl (C=O) groups excluding carboxylic acids is 1. The largest absolute Gasteiger partial charge is 0.353 e. The highest BCUT2D eigenvalue weighted by Crippen LogP contribution is 2.42. The standard InChI is InChI=1S/C23H25FN6O4S/c1-3-34-29-23(31)17-13-26-22(27-16-7-9-21(24)25-12-16)11-19(17)28-18-8-6-15(14-4-5-14)10-20(18)30-35(2,32)33/h6-14,30H,3-5H2,1-2H3,(H,29,31)(H2,26,27,28). The van der Waals surface area contributed by atoms with Gasteiger partial charge in [0.05, 0.1) is 47.4 Å². The van der Waals surface area contributed by atoms with Crippen molar-refractivity contribution in [3.05, 3.63) is 65.9 Å². The Morgan fingerprint density at radius 3 is 2.51 bits per heavy atom. The first-order valence-electron chi connectivity index (χ1n) is 10.9. The van der Waals surface area contributed by atoms with Crippen molar-refractivity contribution in [3.8, 4) is 0 Å². The lowest BCUT2D eigenvalue weighted by Gasteiger charge is -2.17. The number of nitrogens with one attached hydrogen (secondary N) is 4. The number of halogens is 1. The average Bonchev–Trinajstić information content (AvgIpc) is 3.65. The second-order valence-corrected chi connectivity index (χ2v) is 9.80. The van der Waals surface area contributed by atoms with Crippen LogP contribution in [-0.4, -0.2) is 37.2 Å². The average molecular weight is 501 g/mol. The Kier molecular flexibility index (Phi) is 7.12. The van der Waals surface area contributed by atoms with Gasteiger partial charge in [-0.3, -0.25) is 14.4 Å². The highest BCUT2D eigenvalue weighted by atomic mass is 32.2. The number of nitrogens with zero attached hydrogens (tertiary/aromatic N) is 2. The van der Waals surface area contributed by atoms with Gasteiger partial charge in [-0.05, 0) is 55.5 Å². The maximum atomic E-state index is 13.1. The van der Waals surface area contributed by atoms with E-state index in [0.717, 1.165) is 24.7 Å². The van der Waals surface area contributed by atoms with Gasteiger partial charge in [0.15, 0.2) is 0 Å². The van der Waals surface area contributed by atoms with Crippen LogP contribution in [0.2, 0.25) is 0 Å². The van der Waals surface area contributed by atoms with Crippen LogP contribution < -0.4 is 20.8 Å². The first-order valence-corrected chi connectivity index (χ1v) is 12.8. The molecule has 1 aromatic carbocycles. The van der Waals surface area contributed by atoms with Crippen molar-refractivity contribution in [1.29, 1.82) is 0 Å². The van der Waals surface area contributed by atoms with Crippen LogP contribution in [0.15, 0.2) is 48.8 Å². The van der Waals surface area contributed by atoms with E-state index < -0.39 is 21.9 Å². The molecule has 4 N–H and O–H groups in total. The molecular formula is C23H25FN6O4S. The number of hydrogen-bond donors (Lipinski definition) is 4. The predicted molar refractivity (Wildman–Crippen MR) is 131 cm³/mol. The molecule has 0 unspecified atom stereocenters. The third kappa shape index (κ3) is 6.64. The maximum Gasteiger partial charge on any atom is 0.278 e. The Hall–Kier alpha value is -3.77. The topological polar surface area (TPSA) is 134 Å². The van der Waals surface area contributed by atoms with Gasteiger partial charge in [-0.2, -0.15) is 4.39 Å². The molecule has 1 aliphatic carbocycles. The van der Waals surface area contributed by atoms with Gasteiger partial charge in [-0.1, -0.05) is 6.07 Å². The summed E-state index contributed by atoms with van der Waals surface area (Å²) in [7, 11) is -3.56. The molecule has 2 aromatic heterocycles. The van der Waals surface area contributed by atoms with Crippen LogP contribution in [0.5, 0.6) is 0 Å². The Balaban J connectivity index is 1.70. The summed E-state index contributed by atoms with van der Waals surface area (Å²) in [4.78, 5) is 25.6. The molecule has 0 radical (unpaired) electrons. The van der Waals surface area contributed by atoms with E-state index in [2.05, 4.69) is 30.8 Å². The Bertz CT molecular complexity index is 1330. The van der Waals surface area contributed by atoms with Crippen molar-refractivity contribution >= 4 is 44.5 Å². The summed E-state index contributed by atoms with van der Waals surface area (Å²) >= 11 is 0. The molecule has 1 aliphatic rings. The fourth-order valence-electron chi connectivity index (χ4n) is 3.37. The van der Waals surface area contributed by atoms with E-state index in [9.17, 15) is 17.6 Å². The molecule has 2 heterocycles. The zero-order valence-electron chi connectivity index (χ0n) is 19.1. The number of benzene rings is 1. The highest BCUT2D eigenvalue weighted by Gasteiger charge is 2.25. The van der Waals surface area contributed by atoms with Crippen LogP contribution in [0.1, 0.15) is 41.6 Å². The summed E-state index contributed by atoms with van der Waals surface area (Å²) < 4.78 is 39.7. The van der Waals surface area contributed by atoms with Gasteiger partial charge in [0.1, 0.15) is 5.82 Å². The number of hydrogen-bond acceptors (Lipinski definition) is 8. The minimum Gasteiger partial charge on any atom is -0.353 e. The first-order chi connectivity index (χ1) is 16.7. The van der Waals surface area contributed by atoms with Crippen LogP contribution in [-0.2, 0) is 14.9 Å². The molecule has 0 spiro atoms. The number of carbonyl (C=O) groups is 1. The molecule has 3 aromatic rings. The molecule has 0 saturated heterocycles. The summed E-state index contributed by atoms with van der Waals surface area (Å²) in [6.45, 7) is 2.00. The molecule has 0 bridgehead atoms. The summed E-state index contributed by atoms with van der Waals surface area (Å²) in [5, 5.41) is 6.14. The third-order valence-electron chi connectivity index (χ3n) is 5.11. The summed E-state index contributed by atoms with van der Waals surface area (Å²) in [5.41, 5.74) is 5.18. The van der Waals surface area contributed by atoms with Crippen LogP contribution >= 0.6 is 0 Å². The van der Waals surface area contributed by atoms with E-state index in [4.69, 9.17) is 4.84 Å². The van der Waals surface area contributed by atoms with Crippen LogP contribution in [0.3, 0.4) is 0 Å². The van der Waals surface area contributed by atoms with Gasteiger partial charge in [0, 0.05) is 12.3 Å². The minimum atomic E-state index is -3.56. The molecule has 12 heteroatoms. The van der Waals surface area contributed by atoms with Crippen molar-refractivity contribution in [2.24, 2.45) is 0 Å². The monoisotopic (exact) mass is 500 g/mol. The Labute approximate surface area is 202 Å². The van der Waals surface area contributed by atoms with Crippen LogP contribution in [0, 0.1) is 5.95 Å². The van der Waals surface area contributed by atoms with E-state index in [0.29, 0.717) is 34.5 Å². The van der Waals surface area contributed by atoms with Crippen molar-refractivity contribution in [1.82, 2.24) is 15.4 Å². The van der Waals surface area contributed by atoms with Crippen molar-refractivity contribution in [2.75, 3.05) is 28.2 Å². The first kappa shape index (κ1) is 24.4. The maximum absolute atomic E-state index is 13.1. The summed E-state index contributed by atoms with van der Waals surface area (Å²) in [6, 6.07) is 9.77. The van der Waals surface area contributed by atoms with Gasteiger partial charge in [-0.15, -0.1) is 0 Å². The van der Waals surface area contributed by atoms with Crippen LogP contribution in [0.4, 0.5) is 33.0 Å². The lowest BCUT2D eigenvalue weighted by molar-refractivity contribution is 0.0365.